The molecule has 1 aliphatic heterocycles. The molecule has 5 heteroatoms. The summed E-state index contributed by atoms with van der Waals surface area (Å²) in [6, 6.07) is 10.8. The van der Waals surface area contributed by atoms with Gasteiger partial charge in [-0.05, 0) is 44.5 Å². The summed E-state index contributed by atoms with van der Waals surface area (Å²) < 4.78 is 2.15. The van der Waals surface area contributed by atoms with E-state index in [4.69, 9.17) is 0 Å². The number of piperidine rings is 1. The fourth-order valence-electron chi connectivity index (χ4n) is 4.08. The Bertz CT molecular complexity index is 851. The van der Waals surface area contributed by atoms with E-state index in [-0.39, 0.29) is 0 Å². The Balaban J connectivity index is 1.57. The third-order valence-electron chi connectivity index (χ3n) is 5.37. The molecule has 1 aromatic carbocycles. The van der Waals surface area contributed by atoms with Gasteiger partial charge in [-0.3, -0.25) is 9.88 Å². The molecule has 0 unspecified atom stereocenters. The van der Waals surface area contributed by atoms with Crippen molar-refractivity contribution in [1.29, 1.82) is 0 Å². The van der Waals surface area contributed by atoms with E-state index in [1.807, 2.05) is 24.8 Å². The van der Waals surface area contributed by atoms with Crippen molar-refractivity contribution in [2.45, 2.75) is 18.9 Å². The first kappa shape index (κ1) is 16.1. The molecule has 0 bridgehead atoms. The fraction of sp³-hybridized carbons (Fsp3) is 0.400. The standard InChI is InChI=1S/C20H25N5/c1-24-11-5-6-15(20(24)19-13-21-14-25(19)2)12-23-18-9-10-22-17-8-4-3-7-16(17)18/h3-4,7-10,13-15,20H,5-6,11-12H2,1-2H3,(H,22,23)/t15-,20+/m0/s1. The van der Waals surface area contributed by atoms with Crippen LogP contribution in [0.2, 0.25) is 0 Å². The highest BCUT2D eigenvalue weighted by Crippen LogP contribution is 2.35. The van der Waals surface area contributed by atoms with Gasteiger partial charge in [-0.2, -0.15) is 0 Å². The van der Waals surface area contributed by atoms with Gasteiger partial charge in [0.1, 0.15) is 0 Å². The van der Waals surface area contributed by atoms with Gasteiger partial charge in [-0.15, -0.1) is 0 Å². The number of anilines is 1. The molecule has 25 heavy (non-hydrogen) atoms. The first-order chi connectivity index (χ1) is 12.2. The molecule has 2 aromatic heterocycles. The highest BCUT2D eigenvalue weighted by molar-refractivity contribution is 5.90. The molecule has 0 aliphatic carbocycles. The average molecular weight is 335 g/mol. The molecule has 0 amide bonds. The lowest BCUT2D eigenvalue weighted by Gasteiger charge is -2.39. The number of nitrogens with one attached hydrogen (secondary N) is 1. The number of imidazole rings is 1. The summed E-state index contributed by atoms with van der Waals surface area (Å²) in [4.78, 5) is 11.3. The summed E-state index contributed by atoms with van der Waals surface area (Å²) in [5.74, 6) is 0.557. The van der Waals surface area contributed by atoms with Crippen LogP contribution in [0.3, 0.4) is 0 Å². The van der Waals surface area contributed by atoms with Crippen molar-refractivity contribution < 1.29 is 0 Å². The predicted molar refractivity (Wildman–Crippen MR) is 102 cm³/mol. The Hall–Kier alpha value is -2.40. The number of hydrogen-bond acceptors (Lipinski definition) is 4. The molecule has 5 nitrogen and oxygen atoms in total. The molecule has 0 radical (unpaired) electrons. The van der Waals surface area contributed by atoms with Crippen LogP contribution in [-0.4, -0.2) is 39.6 Å². The Kier molecular flexibility index (Phi) is 4.40. The van der Waals surface area contributed by atoms with E-state index in [0.29, 0.717) is 12.0 Å². The number of hydrogen-bond donors (Lipinski definition) is 1. The molecule has 1 saturated heterocycles. The Labute approximate surface area is 148 Å². The first-order valence-corrected chi connectivity index (χ1v) is 8.98. The lowest BCUT2D eigenvalue weighted by Crippen LogP contribution is -2.39. The number of pyridine rings is 1. The molecule has 1 N–H and O–H groups in total. The molecule has 1 fully saturated rings. The van der Waals surface area contributed by atoms with Gasteiger partial charge in [0.05, 0.1) is 23.6 Å². The number of aryl methyl sites for hydroxylation is 1. The lowest BCUT2D eigenvalue weighted by molar-refractivity contribution is 0.122. The molecule has 130 valence electrons. The van der Waals surface area contributed by atoms with Gasteiger partial charge in [0.25, 0.3) is 0 Å². The summed E-state index contributed by atoms with van der Waals surface area (Å²) in [6.07, 6.45) is 8.28. The van der Waals surface area contributed by atoms with Gasteiger partial charge >= 0.3 is 0 Å². The second-order valence-electron chi connectivity index (χ2n) is 7.01. The Morgan fingerprint density at radius 2 is 2.08 bits per heavy atom. The minimum Gasteiger partial charge on any atom is -0.384 e. The number of aromatic nitrogens is 3. The number of nitrogens with zero attached hydrogens (tertiary/aromatic N) is 4. The van der Waals surface area contributed by atoms with E-state index in [9.17, 15) is 0 Å². The largest absolute Gasteiger partial charge is 0.384 e. The molecule has 3 heterocycles. The van der Waals surface area contributed by atoms with Gasteiger partial charge in [0, 0.05) is 37.1 Å². The van der Waals surface area contributed by atoms with E-state index >= 15 is 0 Å². The van der Waals surface area contributed by atoms with Crippen molar-refractivity contribution in [3.63, 3.8) is 0 Å². The van der Waals surface area contributed by atoms with Crippen LogP contribution in [-0.2, 0) is 7.05 Å². The second kappa shape index (κ2) is 6.84. The highest BCUT2D eigenvalue weighted by Gasteiger charge is 2.32. The zero-order chi connectivity index (χ0) is 17.2. The van der Waals surface area contributed by atoms with E-state index in [2.05, 4.69) is 63.1 Å². The lowest BCUT2D eigenvalue weighted by atomic mass is 9.87. The van der Waals surface area contributed by atoms with Crippen molar-refractivity contribution >= 4 is 16.6 Å². The predicted octanol–water partition coefficient (Wildman–Crippen LogP) is 3.46. The van der Waals surface area contributed by atoms with Crippen LogP contribution in [0.1, 0.15) is 24.6 Å². The zero-order valence-electron chi connectivity index (χ0n) is 14.9. The smallest absolute Gasteiger partial charge is 0.0946 e. The van der Waals surface area contributed by atoms with E-state index < -0.39 is 0 Å². The van der Waals surface area contributed by atoms with Crippen molar-refractivity contribution in [2.75, 3.05) is 25.5 Å². The molecule has 1 aliphatic rings. The summed E-state index contributed by atoms with van der Waals surface area (Å²) in [7, 11) is 4.32. The molecular formula is C20H25N5. The topological polar surface area (TPSA) is 46.0 Å². The summed E-state index contributed by atoms with van der Waals surface area (Å²) in [6.45, 7) is 2.10. The van der Waals surface area contributed by atoms with Crippen LogP contribution < -0.4 is 5.32 Å². The molecule has 0 spiro atoms. The van der Waals surface area contributed by atoms with Crippen molar-refractivity contribution in [3.05, 3.63) is 54.7 Å². The first-order valence-electron chi connectivity index (χ1n) is 8.98. The van der Waals surface area contributed by atoms with E-state index in [1.54, 1.807) is 0 Å². The van der Waals surface area contributed by atoms with Gasteiger partial charge in [0.15, 0.2) is 0 Å². The minimum absolute atomic E-state index is 0.404. The molecule has 4 rings (SSSR count). The number of benzene rings is 1. The number of rotatable bonds is 4. The van der Waals surface area contributed by atoms with Crippen molar-refractivity contribution in [3.8, 4) is 0 Å². The van der Waals surface area contributed by atoms with Crippen LogP contribution in [0.25, 0.3) is 10.9 Å². The maximum atomic E-state index is 4.46. The van der Waals surface area contributed by atoms with E-state index in [1.165, 1.54) is 29.6 Å². The van der Waals surface area contributed by atoms with Crippen molar-refractivity contribution in [1.82, 2.24) is 19.4 Å². The van der Waals surface area contributed by atoms with Crippen LogP contribution in [0.15, 0.2) is 49.1 Å². The van der Waals surface area contributed by atoms with Gasteiger partial charge in [-0.1, -0.05) is 18.2 Å². The third-order valence-corrected chi connectivity index (χ3v) is 5.37. The molecule has 3 aromatic rings. The van der Waals surface area contributed by atoms with Gasteiger partial charge in [-0.25, -0.2) is 4.98 Å². The van der Waals surface area contributed by atoms with Gasteiger partial charge in [0.2, 0.25) is 0 Å². The van der Waals surface area contributed by atoms with Gasteiger partial charge < -0.3 is 9.88 Å². The third kappa shape index (κ3) is 3.12. The molecule has 0 saturated carbocycles. The molecule has 2 atom stereocenters. The van der Waals surface area contributed by atoms with Crippen LogP contribution >= 0.6 is 0 Å². The average Bonchev–Trinajstić information content (AvgIpc) is 3.05. The number of likely N-dealkylation sites (tertiary alicyclic amines) is 1. The SMILES string of the molecule is CN1CCC[C@@H](CNc2ccnc3ccccc23)[C@@H]1c1cncn1C. The summed E-state index contributed by atoms with van der Waals surface area (Å²) >= 11 is 0. The number of fused-ring (bicyclic) bond motifs is 1. The Morgan fingerprint density at radius 1 is 1.20 bits per heavy atom. The zero-order valence-corrected chi connectivity index (χ0v) is 14.9. The summed E-state index contributed by atoms with van der Waals surface area (Å²) in [5, 5.41) is 4.88. The fourth-order valence-corrected chi connectivity index (χ4v) is 4.08. The van der Waals surface area contributed by atoms with Crippen LogP contribution in [0.5, 0.6) is 0 Å². The van der Waals surface area contributed by atoms with Crippen molar-refractivity contribution in [2.24, 2.45) is 13.0 Å². The van der Waals surface area contributed by atoms with Crippen LogP contribution in [0.4, 0.5) is 5.69 Å². The maximum Gasteiger partial charge on any atom is 0.0946 e. The summed E-state index contributed by atoms with van der Waals surface area (Å²) in [5.41, 5.74) is 3.51. The minimum atomic E-state index is 0.404. The second-order valence-corrected chi connectivity index (χ2v) is 7.01. The highest BCUT2D eigenvalue weighted by atomic mass is 15.2. The maximum absolute atomic E-state index is 4.46. The number of para-hydroxylation sites is 1. The van der Waals surface area contributed by atoms with E-state index in [0.717, 1.165) is 18.6 Å². The van der Waals surface area contributed by atoms with Crippen LogP contribution in [0, 0.1) is 5.92 Å². The normalized spacial score (nSPS) is 21.5. The quantitative estimate of drug-likeness (QED) is 0.793. The Morgan fingerprint density at radius 3 is 2.92 bits per heavy atom. The molecular weight excluding hydrogens is 310 g/mol. The monoisotopic (exact) mass is 335 g/mol.